The number of carboxylic acid groups (broad SMARTS) is 1. The Morgan fingerprint density at radius 3 is 2.03 bits per heavy atom. The molecule has 0 aliphatic rings. The van der Waals surface area contributed by atoms with Crippen molar-refractivity contribution in [1.29, 1.82) is 0 Å². The van der Waals surface area contributed by atoms with Crippen molar-refractivity contribution < 1.29 is 14.6 Å². The van der Waals surface area contributed by atoms with Crippen LogP contribution in [0, 0.1) is 0 Å². The molecule has 3 aromatic carbocycles. The van der Waals surface area contributed by atoms with Crippen LogP contribution >= 0.6 is 0 Å². The molecule has 0 saturated heterocycles. The molecule has 4 heteroatoms. The number of carbonyl (C=O) groups is 1. The first-order valence-electron chi connectivity index (χ1n) is 11.0. The molecule has 0 radical (unpaired) electrons. The van der Waals surface area contributed by atoms with Crippen molar-refractivity contribution in [3.05, 3.63) is 102 Å². The summed E-state index contributed by atoms with van der Waals surface area (Å²) in [5.74, 6) is 0.445. The molecule has 31 heavy (non-hydrogen) atoms. The third-order valence-corrected chi connectivity index (χ3v) is 5.34. The van der Waals surface area contributed by atoms with Gasteiger partial charge in [0.1, 0.15) is 5.75 Å². The lowest BCUT2D eigenvalue weighted by Crippen LogP contribution is -2.19. The normalized spacial score (nSPS) is 10.9. The van der Waals surface area contributed by atoms with E-state index in [1.807, 2.05) is 12.1 Å². The molecule has 4 nitrogen and oxygen atoms in total. The topological polar surface area (TPSA) is 58.6 Å². The number of hydrogen-bond donors (Lipinski definition) is 2. The van der Waals surface area contributed by atoms with Gasteiger partial charge in [0.05, 0.1) is 13.0 Å². The second-order valence-electron chi connectivity index (χ2n) is 7.65. The van der Waals surface area contributed by atoms with E-state index < -0.39 is 5.97 Å². The summed E-state index contributed by atoms with van der Waals surface area (Å²) < 4.78 is 6.05. The number of aliphatic carboxylic acids is 1. The van der Waals surface area contributed by atoms with Crippen molar-refractivity contribution in [3.63, 3.8) is 0 Å². The van der Waals surface area contributed by atoms with E-state index in [2.05, 4.69) is 78.1 Å². The number of benzene rings is 3. The largest absolute Gasteiger partial charge is 0.494 e. The van der Waals surface area contributed by atoms with Gasteiger partial charge in [-0.3, -0.25) is 4.79 Å². The zero-order valence-corrected chi connectivity index (χ0v) is 17.9. The summed E-state index contributed by atoms with van der Waals surface area (Å²) in [4.78, 5) is 10.5. The Balaban J connectivity index is 1.45. The molecule has 0 spiro atoms. The summed E-state index contributed by atoms with van der Waals surface area (Å²) in [6.07, 6.45) is 3.03. The van der Waals surface area contributed by atoms with Crippen LogP contribution in [0.3, 0.4) is 0 Å². The van der Waals surface area contributed by atoms with E-state index in [9.17, 15) is 4.79 Å². The maximum atomic E-state index is 10.5. The zero-order chi connectivity index (χ0) is 21.7. The Labute approximate surface area is 184 Å². The van der Waals surface area contributed by atoms with Crippen LogP contribution in [0.4, 0.5) is 0 Å². The third kappa shape index (κ3) is 7.91. The molecule has 0 aliphatic carbocycles. The van der Waals surface area contributed by atoms with Gasteiger partial charge in [-0.15, -0.1) is 0 Å². The minimum atomic E-state index is -0.762. The maximum Gasteiger partial charge on any atom is 0.304 e. The van der Waals surface area contributed by atoms with E-state index in [1.54, 1.807) is 0 Å². The van der Waals surface area contributed by atoms with Gasteiger partial charge >= 0.3 is 5.97 Å². The van der Waals surface area contributed by atoms with E-state index in [4.69, 9.17) is 9.84 Å². The number of carboxylic acids is 1. The molecule has 0 bridgehead atoms. The average Bonchev–Trinajstić information content (AvgIpc) is 2.81. The van der Waals surface area contributed by atoms with Crippen molar-refractivity contribution in [2.75, 3.05) is 19.7 Å². The summed E-state index contributed by atoms with van der Waals surface area (Å²) in [5.41, 5.74) is 3.88. The van der Waals surface area contributed by atoms with Gasteiger partial charge in [-0.1, -0.05) is 72.8 Å². The van der Waals surface area contributed by atoms with Crippen LogP contribution in [0.2, 0.25) is 0 Å². The van der Waals surface area contributed by atoms with Gasteiger partial charge in [-0.25, -0.2) is 0 Å². The lowest BCUT2D eigenvalue weighted by molar-refractivity contribution is -0.136. The molecule has 0 unspecified atom stereocenters. The number of aryl methyl sites for hydroxylation is 1. The van der Waals surface area contributed by atoms with Gasteiger partial charge in [0.2, 0.25) is 0 Å². The second kappa shape index (κ2) is 12.6. The summed E-state index contributed by atoms with van der Waals surface area (Å²) in [5, 5.41) is 11.8. The standard InChI is InChI=1S/C27H31NO3/c29-27(30)17-20-28-19-7-8-22-13-15-25(16-14-22)31-21-18-26(23-9-3-1-4-10-23)24-11-5-2-6-12-24/h1-6,9-16,26,28H,7-8,17-21H2,(H,29,30). The molecule has 2 N–H and O–H groups in total. The number of hydrogen-bond acceptors (Lipinski definition) is 3. The maximum absolute atomic E-state index is 10.5. The molecule has 0 heterocycles. The monoisotopic (exact) mass is 417 g/mol. The molecule has 0 amide bonds. The summed E-state index contributed by atoms with van der Waals surface area (Å²) >= 11 is 0. The van der Waals surface area contributed by atoms with E-state index in [0.717, 1.165) is 31.6 Å². The first kappa shape index (κ1) is 22.6. The lowest BCUT2D eigenvalue weighted by Gasteiger charge is -2.18. The highest BCUT2D eigenvalue weighted by Crippen LogP contribution is 2.28. The van der Waals surface area contributed by atoms with Crippen LogP contribution in [0.25, 0.3) is 0 Å². The summed E-state index contributed by atoms with van der Waals surface area (Å²) in [7, 11) is 0. The zero-order valence-electron chi connectivity index (χ0n) is 17.9. The summed E-state index contributed by atoms with van der Waals surface area (Å²) in [6.45, 7) is 2.00. The van der Waals surface area contributed by atoms with Gasteiger partial charge in [0.15, 0.2) is 0 Å². The van der Waals surface area contributed by atoms with Crippen LogP contribution in [0.1, 0.15) is 41.9 Å². The first-order chi connectivity index (χ1) is 15.2. The highest BCUT2D eigenvalue weighted by atomic mass is 16.5. The Bertz CT molecular complexity index is 855. The van der Waals surface area contributed by atoms with Crippen LogP contribution < -0.4 is 10.1 Å². The third-order valence-electron chi connectivity index (χ3n) is 5.34. The average molecular weight is 418 g/mol. The van der Waals surface area contributed by atoms with Gasteiger partial charge in [0, 0.05) is 12.5 Å². The quantitative estimate of drug-likeness (QED) is 0.371. The molecular formula is C27H31NO3. The smallest absolute Gasteiger partial charge is 0.304 e. The Morgan fingerprint density at radius 2 is 1.45 bits per heavy atom. The van der Waals surface area contributed by atoms with Crippen molar-refractivity contribution in [2.45, 2.75) is 31.6 Å². The SMILES string of the molecule is O=C(O)CCNCCCc1ccc(OCCC(c2ccccc2)c2ccccc2)cc1. The molecule has 0 saturated carbocycles. The highest BCUT2D eigenvalue weighted by molar-refractivity contribution is 5.66. The predicted molar refractivity (Wildman–Crippen MR) is 125 cm³/mol. The van der Waals surface area contributed by atoms with Crippen molar-refractivity contribution in [3.8, 4) is 5.75 Å². The fourth-order valence-corrected chi connectivity index (χ4v) is 3.68. The van der Waals surface area contributed by atoms with E-state index in [1.165, 1.54) is 16.7 Å². The molecule has 3 aromatic rings. The Kier molecular flexibility index (Phi) is 9.14. The lowest BCUT2D eigenvalue weighted by atomic mass is 9.89. The van der Waals surface area contributed by atoms with Gasteiger partial charge in [-0.2, -0.15) is 0 Å². The van der Waals surface area contributed by atoms with Crippen molar-refractivity contribution >= 4 is 5.97 Å². The Hall–Kier alpha value is -3.11. The van der Waals surface area contributed by atoms with E-state index in [-0.39, 0.29) is 6.42 Å². The van der Waals surface area contributed by atoms with Crippen molar-refractivity contribution in [1.82, 2.24) is 5.32 Å². The number of rotatable bonds is 13. The molecule has 0 aromatic heterocycles. The van der Waals surface area contributed by atoms with Gasteiger partial charge in [0.25, 0.3) is 0 Å². The fraction of sp³-hybridized carbons (Fsp3) is 0.296. The predicted octanol–water partition coefficient (Wildman–Crippen LogP) is 5.28. The van der Waals surface area contributed by atoms with Crippen LogP contribution in [-0.2, 0) is 11.2 Å². The summed E-state index contributed by atoms with van der Waals surface area (Å²) in [6, 6.07) is 29.5. The van der Waals surface area contributed by atoms with Crippen LogP contribution in [0.5, 0.6) is 5.75 Å². The molecule has 3 rings (SSSR count). The first-order valence-corrected chi connectivity index (χ1v) is 11.0. The highest BCUT2D eigenvalue weighted by Gasteiger charge is 2.14. The minimum absolute atomic E-state index is 0.168. The van der Waals surface area contributed by atoms with Crippen LogP contribution in [-0.4, -0.2) is 30.8 Å². The number of ether oxygens (including phenoxy) is 1. The molecular weight excluding hydrogens is 386 g/mol. The molecule has 162 valence electrons. The fourth-order valence-electron chi connectivity index (χ4n) is 3.68. The second-order valence-corrected chi connectivity index (χ2v) is 7.65. The van der Waals surface area contributed by atoms with E-state index >= 15 is 0 Å². The van der Waals surface area contributed by atoms with Gasteiger partial charge in [-0.05, 0) is 54.6 Å². The molecule has 0 aliphatic heterocycles. The Morgan fingerprint density at radius 1 is 0.839 bits per heavy atom. The van der Waals surface area contributed by atoms with Crippen molar-refractivity contribution in [2.24, 2.45) is 0 Å². The molecule has 0 fully saturated rings. The van der Waals surface area contributed by atoms with E-state index in [0.29, 0.717) is 19.1 Å². The van der Waals surface area contributed by atoms with Crippen LogP contribution in [0.15, 0.2) is 84.9 Å². The minimum Gasteiger partial charge on any atom is -0.494 e. The molecule has 0 atom stereocenters. The van der Waals surface area contributed by atoms with Gasteiger partial charge < -0.3 is 15.2 Å². The number of nitrogens with one attached hydrogen (secondary N) is 1.